The van der Waals surface area contributed by atoms with Crippen molar-refractivity contribution in [1.29, 1.82) is 0 Å². The van der Waals surface area contributed by atoms with Crippen molar-refractivity contribution < 1.29 is 18.5 Å². The second-order valence-electron chi connectivity index (χ2n) is 7.87. The molecule has 2 rings (SSSR count). The molecule has 0 spiro atoms. The largest absolute Gasteiger partial charge is 0.492 e. The predicted molar refractivity (Wildman–Crippen MR) is 98.7 cm³/mol. The summed E-state index contributed by atoms with van der Waals surface area (Å²) >= 11 is 3.35. The van der Waals surface area contributed by atoms with Crippen LogP contribution in [0, 0.1) is 0 Å². The quantitative estimate of drug-likeness (QED) is 0.769. The van der Waals surface area contributed by atoms with Gasteiger partial charge in [-0.05, 0) is 52.8 Å². The smallest absolute Gasteiger partial charge is 0.244 e. The Morgan fingerprint density at radius 2 is 1.83 bits per heavy atom. The van der Waals surface area contributed by atoms with Crippen molar-refractivity contribution in [2.45, 2.75) is 69.5 Å². The standard InChI is InChI=1S/C17H27BrN2O3S/c1-6-23-14-8-7-12(18)9-15(14)24(21,22)19-13-10-16(2,3)20-17(4,5)11-13/h7-9,13,19-20H,6,10-11H2,1-5H3/p+1. The number of hydrogen-bond donors (Lipinski definition) is 2. The van der Waals surface area contributed by atoms with Crippen LogP contribution in [-0.2, 0) is 10.0 Å². The molecule has 1 aliphatic heterocycles. The summed E-state index contributed by atoms with van der Waals surface area (Å²) in [6.45, 7) is 10.9. The second kappa shape index (κ2) is 6.94. The van der Waals surface area contributed by atoms with E-state index in [4.69, 9.17) is 4.74 Å². The van der Waals surface area contributed by atoms with E-state index in [9.17, 15) is 8.42 Å². The van der Waals surface area contributed by atoms with Gasteiger partial charge >= 0.3 is 0 Å². The number of halogens is 1. The van der Waals surface area contributed by atoms with Gasteiger partial charge in [0, 0.05) is 23.4 Å². The van der Waals surface area contributed by atoms with Gasteiger partial charge in [0.2, 0.25) is 10.0 Å². The Kier molecular flexibility index (Phi) is 5.69. The molecule has 0 atom stereocenters. The molecule has 1 fully saturated rings. The van der Waals surface area contributed by atoms with Gasteiger partial charge in [-0.25, -0.2) is 13.1 Å². The van der Waals surface area contributed by atoms with E-state index in [-0.39, 0.29) is 22.0 Å². The summed E-state index contributed by atoms with van der Waals surface area (Å²) in [5, 5.41) is 2.33. The molecule has 1 aliphatic rings. The van der Waals surface area contributed by atoms with E-state index in [1.54, 1.807) is 18.2 Å². The highest BCUT2D eigenvalue weighted by Gasteiger charge is 2.43. The fourth-order valence-corrected chi connectivity index (χ4v) is 5.77. The number of nitrogens with one attached hydrogen (secondary N) is 1. The average molecular weight is 420 g/mol. The Labute approximate surface area is 153 Å². The van der Waals surface area contributed by atoms with Crippen LogP contribution in [0.4, 0.5) is 0 Å². The highest BCUT2D eigenvalue weighted by molar-refractivity contribution is 9.10. The van der Waals surface area contributed by atoms with Crippen LogP contribution in [0.2, 0.25) is 0 Å². The SMILES string of the molecule is CCOc1ccc(Br)cc1S(=O)(=O)NC1CC(C)(C)[NH2+]C(C)(C)C1. The summed E-state index contributed by atoms with van der Waals surface area (Å²) in [4.78, 5) is 0.184. The summed E-state index contributed by atoms with van der Waals surface area (Å²) in [5.74, 6) is 0.383. The molecule has 1 aromatic carbocycles. The highest BCUT2D eigenvalue weighted by atomic mass is 79.9. The van der Waals surface area contributed by atoms with E-state index >= 15 is 0 Å². The molecule has 0 amide bonds. The summed E-state index contributed by atoms with van der Waals surface area (Å²) < 4.78 is 35.0. The van der Waals surface area contributed by atoms with Crippen molar-refractivity contribution in [1.82, 2.24) is 4.72 Å². The van der Waals surface area contributed by atoms with Crippen molar-refractivity contribution in [3.05, 3.63) is 22.7 Å². The molecule has 1 saturated heterocycles. The number of benzene rings is 1. The Morgan fingerprint density at radius 3 is 2.38 bits per heavy atom. The molecule has 0 saturated carbocycles. The molecular formula is C17H28BrN2O3S+. The molecule has 7 heteroatoms. The van der Waals surface area contributed by atoms with E-state index in [0.29, 0.717) is 16.8 Å². The lowest BCUT2D eigenvalue weighted by Gasteiger charge is -2.43. The van der Waals surface area contributed by atoms with Crippen LogP contribution in [0.5, 0.6) is 5.75 Å². The summed E-state index contributed by atoms with van der Waals surface area (Å²) in [7, 11) is -3.65. The summed E-state index contributed by atoms with van der Waals surface area (Å²) in [5.41, 5.74) is -0.0100. The zero-order valence-electron chi connectivity index (χ0n) is 15.0. The molecular weight excluding hydrogens is 392 g/mol. The second-order valence-corrected chi connectivity index (χ2v) is 10.5. The minimum Gasteiger partial charge on any atom is -0.492 e. The molecule has 0 unspecified atom stereocenters. The van der Waals surface area contributed by atoms with Gasteiger partial charge in [0.05, 0.1) is 17.7 Å². The third-order valence-electron chi connectivity index (χ3n) is 4.14. The maximum atomic E-state index is 12.9. The predicted octanol–water partition coefficient (Wildman–Crippen LogP) is 2.41. The fourth-order valence-electron chi connectivity index (χ4n) is 3.85. The van der Waals surface area contributed by atoms with Crippen LogP contribution in [0.25, 0.3) is 0 Å². The lowest BCUT2D eigenvalue weighted by atomic mass is 9.80. The number of hydrogen-bond acceptors (Lipinski definition) is 3. The van der Waals surface area contributed by atoms with Crippen LogP contribution in [0.1, 0.15) is 47.5 Å². The lowest BCUT2D eigenvalue weighted by molar-refractivity contribution is -0.787. The number of rotatable bonds is 5. The number of nitrogens with two attached hydrogens (primary N) is 1. The van der Waals surface area contributed by atoms with Gasteiger partial charge < -0.3 is 10.1 Å². The Morgan fingerprint density at radius 1 is 1.25 bits per heavy atom. The van der Waals surface area contributed by atoms with E-state index in [1.165, 1.54) is 0 Å². The topological polar surface area (TPSA) is 72.0 Å². The molecule has 0 aliphatic carbocycles. The van der Waals surface area contributed by atoms with Crippen molar-refractivity contribution in [3.63, 3.8) is 0 Å². The molecule has 1 aromatic rings. The highest BCUT2D eigenvalue weighted by Crippen LogP contribution is 2.29. The number of piperidine rings is 1. The summed E-state index contributed by atoms with van der Waals surface area (Å²) in [6.07, 6.45) is 1.57. The van der Waals surface area contributed by atoms with Gasteiger partial charge in [0.25, 0.3) is 0 Å². The van der Waals surface area contributed by atoms with E-state index < -0.39 is 10.0 Å². The lowest BCUT2D eigenvalue weighted by Crippen LogP contribution is -3.06. The molecule has 0 aromatic heterocycles. The zero-order chi connectivity index (χ0) is 18.2. The maximum absolute atomic E-state index is 12.9. The average Bonchev–Trinajstić information content (AvgIpc) is 2.36. The van der Waals surface area contributed by atoms with Crippen LogP contribution in [0.15, 0.2) is 27.6 Å². The van der Waals surface area contributed by atoms with Gasteiger partial charge in [-0.15, -0.1) is 0 Å². The van der Waals surface area contributed by atoms with Crippen molar-refractivity contribution >= 4 is 26.0 Å². The van der Waals surface area contributed by atoms with Crippen molar-refractivity contribution in [3.8, 4) is 5.75 Å². The molecule has 0 bridgehead atoms. The molecule has 5 nitrogen and oxygen atoms in total. The number of ether oxygens (including phenoxy) is 1. The maximum Gasteiger partial charge on any atom is 0.244 e. The van der Waals surface area contributed by atoms with Crippen LogP contribution < -0.4 is 14.8 Å². The summed E-state index contributed by atoms with van der Waals surface area (Å²) in [6, 6.07) is 4.97. The first-order valence-corrected chi connectivity index (χ1v) is 10.5. The first kappa shape index (κ1) is 19.7. The molecule has 3 N–H and O–H groups in total. The van der Waals surface area contributed by atoms with Gasteiger partial charge in [-0.2, -0.15) is 0 Å². The Balaban J connectivity index is 2.30. The molecule has 24 heavy (non-hydrogen) atoms. The molecule has 136 valence electrons. The van der Waals surface area contributed by atoms with Gasteiger partial charge in [-0.3, -0.25) is 0 Å². The van der Waals surface area contributed by atoms with E-state index in [1.807, 2.05) is 6.92 Å². The van der Waals surface area contributed by atoms with Gasteiger partial charge in [-0.1, -0.05) is 15.9 Å². The van der Waals surface area contributed by atoms with Crippen molar-refractivity contribution in [2.24, 2.45) is 0 Å². The normalized spacial score (nSPS) is 20.8. The van der Waals surface area contributed by atoms with Gasteiger partial charge in [0.1, 0.15) is 10.6 Å². The number of quaternary nitrogens is 1. The third-order valence-corrected chi connectivity index (χ3v) is 6.18. The van der Waals surface area contributed by atoms with E-state index in [2.05, 4.69) is 53.7 Å². The Bertz CT molecular complexity index is 686. The number of sulfonamides is 1. The minimum atomic E-state index is -3.65. The van der Waals surface area contributed by atoms with Crippen LogP contribution >= 0.6 is 15.9 Å². The van der Waals surface area contributed by atoms with Gasteiger partial charge in [0.15, 0.2) is 0 Å². The monoisotopic (exact) mass is 419 g/mol. The first-order chi connectivity index (χ1) is 10.9. The third kappa shape index (κ3) is 4.94. The molecule has 1 heterocycles. The first-order valence-electron chi connectivity index (χ1n) is 8.26. The minimum absolute atomic E-state index is 0.00500. The van der Waals surface area contributed by atoms with Crippen molar-refractivity contribution in [2.75, 3.05) is 6.61 Å². The Hall–Kier alpha value is -0.630. The van der Waals surface area contributed by atoms with Crippen LogP contribution in [-0.4, -0.2) is 32.1 Å². The van der Waals surface area contributed by atoms with Crippen LogP contribution in [0.3, 0.4) is 0 Å². The van der Waals surface area contributed by atoms with E-state index in [0.717, 1.165) is 12.8 Å². The zero-order valence-corrected chi connectivity index (χ0v) is 17.4. The fraction of sp³-hybridized carbons (Fsp3) is 0.647. The molecule has 0 radical (unpaired) electrons.